The van der Waals surface area contributed by atoms with Gasteiger partial charge in [0.25, 0.3) is 5.91 Å². The minimum atomic E-state index is -3.54. The molecule has 1 aliphatic rings. The molecular weight excluding hydrogens is 394 g/mol. The molecule has 1 aliphatic heterocycles. The molecule has 0 atom stereocenters. The van der Waals surface area contributed by atoms with Gasteiger partial charge < -0.3 is 0 Å². The van der Waals surface area contributed by atoms with Gasteiger partial charge in [0.1, 0.15) is 0 Å². The number of rotatable bonds is 4. The Morgan fingerprint density at radius 2 is 1.82 bits per heavy atom. The predicted molar refractivity (Wildman–Crippen MR) is 109 cm³/mol. The summed E-state index contributed by atoms with van der Waals surface area (Å²) in [6.45, 7) is 2.61. The van der Waals surface area contributed by atoms with Crippen molar-refractivity contribution in [1.29, 1.82) is 0 Å². The lowest BCUT2D eigenvalue weighted by Crippen LogP contribution is -2.35. The van der Waals surface area contributed by atoms with Gasteiger partial charge in [-0.3, -0.25) is 10.1 Å². The second-order valence-electron chi connectivity index (χ2n) is 6.61. The van der Waals surface area contributed by atoms with Crippen LogP contribution in [0.25, 0.3) is 0 Å². The van der Waals surface area contributed by atoms with Gasteiger partial charge in [-0.15, -0.1) is 11.3 Å². The number of carbonyl (C=O) groups excluding carboxylic acids is 1. The number of hydrogen-bond acceptors (Lipinski definition) is 5. The van der Waals surface area contributed by atoms with Crippen molar-refractivity contribution < 1.29 is 13.2 Å². The van der Waals surface area contributed by atoms with Gasteiger partial charge in [-0.05, 0) is 31.2 Å². The maximum Gasteiger partial charge on any atom is 0.257 e. The molecule has 28 heavy (non-hydrogen) atoms. The number of benzene rings is 2. The zero-order valence-corrected chi connectivity index (χ0v) is 16.9. The highest BCUT2D eigenvalue weighted by Gasteiger charge is 2.30. The van der Waals surface area contributed by atoms with Gasteiger partial charge in [0, 0.05) is 23.4 Å². The van der Waals surface area contributed by atoms with Gasteiger partial charge in [0.05, 0.1) is 17.1 Å². The summed E-state index contributed by atoms with van der Waals surface area (Å²) in [6.07, 6.45) is 0.526. The van der Waals surface area contributed by atoms with Gasteiger partial charge in [0.2, 0.25) is 10.0 Å². The Labute approximate surface area is 167 Å². The second-order valence-corrected chi connectivity index (χ2v) is 9.63. The van der Waals surface area contributed by atoms with Gasteiger partial charge in [-0.2, -0.15) is 4.31 Å². The Morgan fingerprint density at radius 1 is 1.11 bits per heavy atom. The fourth-order valence-corrected chi connectivity index (χ4v) is 5.58. The lowest BCUT2D eigenvalue weighted by Gasteiger charge is -2.25. The number of hydrogen-bond donors (Lipinski definition) is 1. The molecule has 0 spiro atoms. The smallest absolute Gasteiger partial charge is 0.257 e. The van der Waals surface area contributed by atoms with Gasteiger partial charge >= 0.3 is 0 Å². The zero-order valence-electron chi connectivity index (χ0n) is 15.3. The maximum atomic E-state index is 12.8. The number of fused-ring (bicyclic) bond motifs is 1. The van der Waals surface area contributed by atoms with E-state index in [2.05, 4.69) is 10.3 Å². The topological polar surface area (TPSA) is 79.4 Å². The quantitative estimate of drug-likeness (QED) is 0.710. The normalized spacial score (nSPS) is 14.5. The third-order valence-electron chi connectivity index (χ3n) is 4.61. The van der Waals surface area contributed by atoms with Gasteiger partial charge in [-0.1, -0.05) is 35.9 Å². The van der Waals surface area contributed by atoms with Crippen molar-refractivity contribution in [3.63, 3.8) is 0 Å². The molecular formula is C20H19N3O3S2. The molecule has 0 saturated carbocycles. The van der Waals surface area contributed by atoms with Crippen molar-refractivity contribution >= 4 is 32.4 Å². The van der Waals surface area contributed by atoms with Crippen LogP contribution in [0.3, 0.4) is 0 Å². The van der Waals surface area contributed by atoms with Crippen LogP contribution in [0.5, 0.6) is 0 Å². The molecule has 4 rings (SSSR count). The summed E-state index contributed by atoms with van der Waals surface area (Å²) in [5, 5.41) is 3.32. The molecule has 1 amide bonds. The SMILES string of the molecule is Cc1ccc(C(=O)Nc2nc3c(s2)CN(S(=O)(=O)c2ccccc2)CC3)cc1. The summed E-state index contributed by atoms with van der Waals surface area (Å²) < 4.78 is 27.1. The number of thiazole rings is 1. The molecule has 3 aromatic rings. The van der Waals surface area contributed by atoms with E-state index in [9.17, 15) is 13.2 Å². The average Bonchev–Trinajstić information content (AvgIpc) is 3.10. The molecule has 8 heteroatoms. The minimum Gasteiger partial charge on any atom is -0.298 e. The highest BCUT2D eigenvalue weighted by Crippen LogP contribution is 2.31. The molecule has 2 aromatic carbocycles. The molecule has 0 saturated heterocycles. The third-order valence-corrected chi connectivity index (χ3v) is 7.47. The lowest BCUT2D eigenvalue weighted by atomic mass is 10.1. The van der Waals surface area contributed by atoms with Crippen LogP contribution in [0.2, 0.25) is 0 Å². The van der Waals surface area contributed by atoms with Crippen LogP contribution in [0.1, 0.15) is 26.5 Å². The van der Waals surface area contributed by atoms with Gasteiger partial charge in [-0.25, -0.2) is 13.4 Å². The van der Waals surface area contributed by atoms with Crippen LogP contribution in [-0.4, -0.2) is 30.2 Å². The van der Waals surface area contributed by atoms with E-state index in [1.54, 1.807) is 42.5 Å². The molecule has 1 aromatic heterocycles. The van der Waals surface area contributed by atoms with Crippen LogP contribution in [0.4, 0.5) is 5.13 Å². The first kappa shape index (κ1) is 18.8. The average molecular weight is 414 g/mol. The summed E-state index contributed by atoms with van der Waals surface area (Å²) >= 11 is 1.33. The van der Waals surface area contributed by atoms with Crippen molar-refractivity contribution in [3.8, 4) is 0 Å². The molecule has 2 heterocycles. The van der Waals surface area contributed by atoms with Crippen LogP contribution in [-0.2, 0) is 23.0 Å². The Kier molecular flexibility index (Phi) is 5.01. The summed E-state index contributed by atoms with van der Waals surface area (Å²) in [6, 6.07) is 15.7. The van der Waals surface area contributed by atoms with E-state index >= 15 is 0 Å². The standard InChI is InChI=1S/C20H19N3O3S2/c1-14-7-9-15(10-8-14)19(24)22-20-21-17-11-12-23(13-18(17)27-20)28(25,26)16-5-3-2-4-6-16/h2-10H,11-13H2,1H3,(H,21,22,24). The van der Waals surface area contributed by atoms with E-state index in [1.807, 2.05) is 19.1 Å². The summed E-state index contributed by atoms with van der Waals surface area (Å²) in [4.78, 5) is 18.0. The Hall–Kier alpha value is -2.55. The highest BCUT2D eigenvalue weighted by atomic mass is 32.2. The minimum absolute atomic E-state index is 0.222. The fraction of sp³-hybridized carbons (Fsp3) is 0.200. The van der Waals surface area contributed by atoms with E-state index in [4.69, 9.17) is 0 Å². The second kappa shape index (κ2) is 7.46. The van der Waals surface area contributed by atoms with Crippen LogP contribution < -0.4 is 5.32 Å². The number of aromatic nitrogens is 1. The molecule has 1 N–H and O–H groups in total. The first-order valence-corrected chi connectivity index (χ1v) is 11.1. The maximum absolute atomic E-state index is 12.8. The molecule has 0 fully saturated rings. The van der Waals surface area contributed by atoms with Crippen molar-refractivity contribution in [2.75, 3.05) is 11.9 Å². The Morgan fingerprint density at radius 3 is 2.54 bits per heavy atom. The summed E-state index contributed by atoms with van der Waals surface area (Å²) in [5.41, 5.74) is 2.50. The number of amides is 1. The first-order chi connectivity index (χ1) is 13.4. The van der Waals surface area contributed by atoms with Crippen molar-refractivity contribution in [1.82, 2.24) is 9.29 Å². The summed E-state index contributed by atoms with van der Waals surface area (Å²) in [5.74, 6) is -0.222. The number of aryl methyl sites for hydroxylation is 1. The Balaban J connectivity index is 1.51. The van der Waals surface area contributed by atoms with E-state index in [-0.39, 0.29) is 17.3 Å². The molecule has 0 radical (unpaired) electrons. The Bertz CT molecular complexity index is 1110. The molecule has 6 nitrogen and oxygen atoms in total. The van der Waals surface area contributed by atoms with E-state index < -0.39 is 10.0 Å². The number of anilines is 1. The van der Waals surface area contributed by atoms with Gasteiger partial charge in [0.15, 0.2) is 5.13 Å². The third kappa shape index (κ3) is 3.71. The highest BCUT2D eigenvalue weighted by molar-refractivity contribution is 7.89. The number of sulfonamides is 1. The molecule has 0 aliphatic carbocycles. The lowest BCUT2D eigenvalue weighted by molar-refractivity contribution is 0.102. The van der Waals surface area contributed by atoms with E-state index in [1.165, 1.54) is 15.6 Å². The zero-order chi connectivity index (χ0) is 19.7. The van der Waals surface area contributed by atoms with Crippen molar-refractivity contribution in [3.05, 3.63) is 76.3 Å². The number of nitrogens with one attached hydrogen (secondary N) is 1. The predicted octanol–water partition coefficient (Wildman–Crippen LogP) is 3.45. The van der Waals surface area contributed by atoms with Crippen LogP contribution in [0.15, 0.2) is 59.5 Å². The van der Waals surface area contributed by atoms with E-state index in [0.29, 0.717) is 23.7 Å². The summed E-state index contributed by atoms with van der Waals surface area (Å²) in [7, 11) is -3.54. The monoisotopic (exact) mass is 413 g/mol. The van der Waals surface area contributed by atoms with Crippen LogP contribution >= 0.6 is 11.3 Å². The molecule has 0 unspecified atom stereocenters. The van der Waals surface area contributed by atoms with E-state index in [0.717, 1.165) is 16.1 Å². The number of nitrogens with zero attached hydrogens (tertiary/aromatic N) is 2. The first-order valence-electron chi connectivity index (χ1n) is 8.85. The van der Waals surface area contributed by atoms with Crippen molar-refractivity contribution in [2.24, 2.45) is 0 Å². The molecule has 144 valence electrons. The number of carbonyl (C=O) groups is 1. The fourth-order valence-electron chi connectivity index (χ4n) is 3.05. The van der Waals surface area contributed by atoms with Crippen molar-refractivity contribution in [2.45, 2.75) is 24.8 Å². The molecule has 0 bridgehead atoms. The largest absolute Gasteiger partial charge is 0.298 e. The van der Waals surface area contributed by atoms with Crippen LogP contribution in [0, 0.1) is 6.92 Å².